The van der Waals surface area contributed by atoms with E-state index in [-0.39, 0.29) is 6.54 Å². The van der Waals surface area contributed by atoms with Crippen molar-refractivity contribution in [3.63, 3.8) is 0 Å². The third kappa shape index (κ3) is 2.80. The van der Waals surface area contributed by atoms with Crippen molar-refractivity contribution in [1.29, 1.82) is 0 Å². The highest BCUT2D eigenvalue weighted by molar-refractivity contribution is 7.89. The Bertz CT molecular complexity index is 621. The van der Waals surface area contributed by atoms with Crippen LogP contribution in [0.3, 0.4) is 0 Å². The van der Waals surface area contributed by atoms with Crippen molar-refractivity contribution in [3.05, 3.63) is 29.8 Å². The van der Waals surface area contributed by atoms with Crippen LogP contribution in [0, 0.1) is 17.0 Å². The zero-order valence-electron chi connectivity index (χ0n) is 10.4. The number of carboxylic acids is 1. The highest BCUT2D eigenvalue weighted by Gasteiger charge is 2.45. The molecule has 1 aliphatic carbocycles. The Morgan fingerprint density at radius 1 is 1.25 bits per heavy atom. The fourth-order valence-corrected chi connectivity index (χ4v) is 3.24. The molecule has 1 saturated carbocycles. The van der Waals surface area contributed by atoms with Crippen LogP contribution in [0.4, 0.5) is 8.78 Å². The molecular weight excluding hydrogens is 292 g/mol. The Labute approximate surface area is 114 Å². The molecule has 1 aromatic rings. The number of carbonyl (C=O) groups is 1. The summed E-state index contributed by atoms with van der Waals surface area (Å²) in [5.74, 6) is -3.10. The van der Waals surface area contributed by atoms with E-state index in [0.717, 1.165) is 0 Å². The second kappa shape index (κ2) is 5.10. The van der Waals surface area contributed by atoms with Gasteiger partial charge in [0.05, 0.1) is 10.3 Å². The van der Waals surface area contributed by atoms with E-state index in [9.17, 15) is 22.0 Å². The second-order valence-corrected chi connectivity index (χ2v) is 6.64. The Hall–Kier alpha value is -1.54. The molecule has 0 saturated heterocycles. The molecular formula is C12H13F2NO4S. The summed E-state index contributed by atoms with van der Waals surface area (Å²) in [5, 5.41) is 9.08. The first-order valence-corrected chi connectivity index (χ1v) is 7.43. The van der Waals surface area contributed by atoms with Crippen molar-refractivity contribution in [3.8, 4) is 0 Å². The van der Waals surface area contributed by atoms with Gasteiger partial charge in [0.1, 0.15) is 11.6 Å². The monoisotopic (exact) mass is 305 g/mol. The van der Waals surface area contributed by atoms with Gasteiger partial charge in [-0.05, 0) is 25.0 Å². The summed E-state index contributed by atoms with van der Waals surface area (Å²) in [6.45, 7) is -0.289. The van der Waals surface area contributed by atoms with Gasteiger partial charge in [0, 0.05) is 12.6 Å². The molecule has 1 aromatic carbocycles. The number of benzene rings is 1. The molecule has 5 nitrogen and oxygen atoms in total. The van der Waals surface area contributed by atoms with E-state index in [0.29, 0.717) is 37.5 Å². The molecule has 0 radical (unpaired) electrons. The number of hydrogen-bond acceptors (Lipinski definition) is 3. The molecule has 0 aromatic heterocycles. The Balaban J connectivity index is 2.17. The molecule has 0 bridgehead atoms. The highest BCUT2D eigenvalue weighted by atomic mass is 32.2. The Kier molecular flexibility index (Phi) is 3.79. The molecule has 0 unspecified atom stereocenters. The smallest absolute Gasteiger partial charge is 0.310 e. The van der Waals surface area contributed by atoms with Gasteiger partial charge < -0.3 is 5.11 Å². The third-order valence-electron chi connectivity index (χ3n) is 3.51. The van der Waals surface area contributed by atoms with Crippen LogP contribution in [-0.4, -0.2) is 26.0 Å². The van der Waals surface area contributed by atoms with Gasteiger partial charge in [-0.15, -0.1) is 0 Å². The van der Waals surface area contributed by atoms with Crippen molar-refractivity contribution in [2.24, 2.45) is 5.41 Å². The van der Waals surface area contributed by atoms with E-state index < -0.39 is 37.9 Å². The van der Waals surface area contributed by atoms with Crippen LogP contribution in [-0.2, 0) is 14.8 Å². The summed E-state index contributed by atoms with van der Waals surface area (Å²) in [4.78, 5) is 10.6. The topological polar surface area (TPSA) is 83.5 Å². The zero-order chi connectivity index (χ0) is 15.0. The number of hydrogen-bond donors (Lipinski definition) is 2. The van der Waals surface area contributed by atoms with E-state index in [1.54, 1.807) is 0 Å². The van der Waals surface area contributed by atoms with Crippen molar-refractivity contribution in [2.75, 3.05) is 6.54 Å². The van der Waals surface area contributed by atoms with Gasteiger partial charge in [-0.2, -0.15) is 0 Å². The van der Waals surface area contributed by atoms with Crippen LogP contribution in [0.1, 0.15) is 19.3 Å². The van der Waals surface area contributed by atoms with Gasteiger partial charge in [-0.3, -0.25) is 4.79 Å². The van der Waals surface area contributed by atoms with E-state index in [1.165, 1.54) is 0 Å². The first kappa shape index (κ1) is 14.9. The molecule has 0 aliphatic heterocycles. The first-order chi connectivity index (χ1) is 9.25. The number of halogens is 2. The quantitative estimate of drug-likeness (QED) is 0.863. The van der Waals surface area contributed by atoms with Crippen LogP contribution >= 0.6 is 0 Å². The molecule has 0 atom stereocenters. The van der Waals surface area contributed by atoms with Crippen molar-refractivity contribution < 1.29 is 27.1 Å². The average molecular weight is 305 g/mol. The lowest BCUT2D eigenvalue weighted by atomic mass is 9.69. The average Bonchev–Trinajstić information content (AvgIpc) is 2.25. The lowest BCUT2D eigenvalue weighted by molar-refractivity contribution is -0.153. The molecule has 110 valence electrons. The normalized spacial score (nSPS) is 17.5. The van der Waals surface area contributed by atoms with Crippen LogP contribution in [0.15, 0.2) is 23.1 Å². The summed E-state index contributed by atoms with van der Waals surface area (Å²) in [6.07, 6.45) is 1.47. The fraction of sp³-hybridized carbons (Fsp3) is 0.417. The predicted molar refractivity (Wildman–Crippen MR) is 65.5 cm³/mol. The van der Waals surface area contributed by atoms with E-state index in [4.69, 9.17) is 5.11 Å². The molecule has 20 heavy (non-hydrogen) atoms. The van der Waals surface area contributed by atoms with Crippen LogP contribution in [0.2, 0.25) is 0 Å². The standard InChI is InChI=1S/C12H13F2NO4S/c13-8-4-9(14)6-10(5-8)20(18,19)15-7-12(11(16)17)2-1-3-12/h4-6,15H,1-3,7H2,(H,16,17). The van der Waals surface area contributed by atoms with Crippen LogP contribution < -0.4 is 4.72 Å². The summed E-state index contributed by atoms with van der Waals surface area (Å²) < 4.78 is 52.0. The van der Waals surface area contributed by atoms with Crippen LogP contribution in [0.5, 0.6) is 0 Å². The predicted octanol–water partition coefficient (Wildman–Crippen LogP) is 1.50. The number of rotatable bonds is 5. The summed E-state index contributed by atoms with van der Waals surface area (Å²) in [6, 6.07) is 1.92. The minimum Gasteiger partial charge on any atom is -0.481 e. The minimum atomic E-state index is -4.14. The highest BCUT2D eigenvalue weighted by Crippen LogP contribution is 2.40. The maximum atomic E-state index is 13.0. The summed E-state index contributed by atoms with van der Waals surface area (Å²) >= 11 is 0. The number of nitrogens with one attached hydrogen (secondary N) is 1. The lowest BCUT2D eigenvalue weighted by Crippen LogP contribution is -2.47. The third-order valence-corrected chi connectivity index (χ3v) is 4.89. The van der Waals surface area contributed by atoms with Crippen LogP contribution in [0.25, 0.3) is 0 Å². The van der Waals surface area contributed by atoms with Gasteiger partial charge in [0.25, 0.3) is 0 Å². The van der Waals surface area contributed by atoms with Gasteiger partial charge >= 0.3 is 5.97 Å². The van der Waals surface area contributed by atoms with E-state index >= 15 is 0 Å². The molecule has 1 fully saturated rings. The Morgan fingerprint density at radius 2 is 1.80 bits per heavy atom. The Morgan fingerprint density at radius 3 is 2.20 bits per heavy atom. The molecule has 0 spiro atoms. The van der Waals surface area contributed by atoms with Gasteiger partial charge in [0.15, 0.2) is 0 Å². The van der Waals surface area contributed by atoms with Gasteiger partial charge in [-0.25, -0.2) is 21.9 Å². The minimum absolute atomic E-state index is 0.289. The van der Waals surface area contributed by atoms with E-state index in [2.05, 4.69) is 4.72 Å². The zero-order valence-corrected chi connectivity index (χ0v) is 11.2. The van der Waals surface area contributed by atoms with E-state index in [1.807, 2.05) is 0 Å². The number of aliphatic carboxylic acids is 1. The molecule has 0 amide bonds. The molecule has 1 aliphatic rings. The fourth-order valence-electron chi connectivity index (χ4n) is 2.07. The van der Waals surface area contributed by atoms with Gasteiger partial charge in [-0.1, -0.05) is 6.42 Å². The largest absolute Gasteiger partial charge is 0.481 e. The molecule has 2 rings (SSSR count). The SMILES string of the molecule is O=C(O)C1(CNS(=O)(=O)c2cc(F)cc(F)c2)CCC1. The lowest BCUT2D eigenvalue weighted by Gasteiger charge is -2.37. The molecule has 2 N–H and O–H groups in total. The van der Waals surface area contributed by atoms with Crippen molar-refractivity contribution in [1.82, 2.24) is 4.72 Å². The maximum absolute atomic E-state index is 13.0. The van der Waals surface area contributed by atoms with Crippen molar-refractivity contribution in [2.45, 2.75) is 24.2 Å². The molecule has 8 heteroatoms. The van der Waals surface area contributed by atoms with Gasteiger partial charge in [0.2, 0.25) is 10.0 Å². The number of carboxylic acid groups (broad SMARTS) is 1. The summed E-state index contributed by atoms with van der Waals surface area (Å²) in [5.41, 5.74) is -1.11. The maximum Gasteiger partial charge on any atom is 0.310 e. The first-order valence-electron chi connectivity index (χ1n) is 5.94. The number of sulfonamides is 1. The van der Waals surface area contributed by atoms with Crippen molar-refractivity contribution >= 4 is 16.0 Å². The second-order valence-electron chi connectivity index (χ2n) is 4.87. The summed E-state index contributed by atoms with van der Waals surface area (Å²) in [7, 11) is -4.14. The molecule has 0 heterocycles.